The number of carbonyl (C=O) groups excluding carboxylic acids is 1. The van der Waals surface area contributed by atoms with Crippen LogP contribution in [0.5, 0.6) is 0 Å². The van der Waals surface area contributed by atoms with E-state index in [1.807, 2.05) is 28.9 Å². The zero-order chi connectivity index (χ0) is 17.7. The van der Waals surface area contributed by atoms with Crippen molar-refractivity contribution in [3.8, 4) is 11.3 Å². The van der Waals surface area contributed by atoms with E-state index in [0.717, 1.165) is 36.3 Å². The molecule has 1 saturated carbocycles. The molecule has 1 aliphatic carbocycles. The molecule has 132 valence electrons. The number of fused-ring (bicyclic) bond motifs is 3. The predicted octanol–water partition coefficient (Wildman–Crippen LogP) is 4.16. The summed E-state index contributed by atoms with van der Waals surface area (Å²) in [7, 11) is 0. The molecule has 2 fully saturated rings. The number of likely N-dealkylation sites (tertiary alicyclic amines) is 1. The van der Waals surface area contributed by atoms with Crippen LogP contribution >= 0.6 is 0 Å². The van der Waals surface area contributed by atoms with Crippen LogP contribution in [0.15, 0.2) is 48.8 Å². The van der Waals surface area contributed by atoms with E-state index in [0.29, 0.717) is 17.5 Å². The monoisotopic (exact) mass is 349 g/mol. The van der Waals surface area contributed by atoms with Crippen LogP contribution in [0.1, 0.15) is 36.0 Å². The van der Waals surface area contributed by atoms with Crippen molar-refractivity contribution < 1.29 is 9.18 Å². The number of benzene rings is 1. The smallest absolute Gasteiger partial charge is 0.255 e. The second kappa shape index (κ2) is 5.94. The summed E-state index contributed by atoms with van der Waals surface area (Å²) in [6, 6.07) is 10.4. The fourth-order valence-corrected chi connectivity index (χ4v) is 4.43. The first kappa shape index (κ1) is 15.6. The minimum Gasteiger partial charge on any atom is -0.335 e. The summed E-state index contributed by atoms with van der Waals surface area (Å²) in [5.41, 5.74) is 3.11. The van der Waals surface area contributed by atoms with Crippen LogP contribution in [0.2, 0.25) is 0 Å². The van der Waals surface area contributed by atoms with Crippen LogP contribution in [0.25, 0.3) is 16.9 Å². The summed E-state index contributed by atoms with van der Waals surface area (Å²) in [6.07, 6.45) is 8.53. The number of aromatic nitrogens is 2. The molecule has 0 N–H and O–H groups in total. The third kappa shape index (κ3) is 2.59. The fraction of sp³-hybridized carbons (Fsp3) is 0.333. The van der Waals surface area contributed by atoms with E-state index >= 15 is 0 Å². The largest absolute Gasteiger partial charge is 0.335 e. The van der Waals surface area contributed by atoms with Crippen molar-refractivity contribution in [2.24, 2.45) is 5.92 Å². The predicted molar refractivity (Wildman–Crippen MR) is 97.4 cm³/mol. The lowest BCUT2D eigenvalue weighted by atomic mass is 9.90. The lowest BCUT2D eigenvalue weighted by Gasteiger charge is -2.24. The Morgan fingerprint density at radius 1 is 1.08 bits per heavy atom. The summed E-state index contributed by atoms with van der Waals surface area (Å²) in [4.78, 5) is 19.6. The molecule has 1 aliphatic heterocycles. The molecular weight excluding hydrogens is 329 g/mol. The number of pyridine rings is 1. The Balaban J connectivity index is 1.46. The van der Waals surface area contributed by atoms with E-state index in [1.165, 1.54) is 25.0 Å². The normalized spacial score (nSPS) is 22.1. The van der Waals surface area contributed by atoms with Crippen LogP contribution in [0, 0.1) is 11.7 Å². The second-order valence-corrected chi connectivity index (χ2v) is 7.46. The molecule has 26 heavy (non-hydrogen) atoms. The molecule has 2 bridgehead atoms. The first-order valence-corrected chi connectivity index (χ1v) is 9.23. The van der Waals surface area contributed by atoms with E-state index in [4.69, 9.17) is 0 Å². The van der Waals surface area contributed by atoms with Gasteiger partial charge in [0.2, 0.25) is 0 Å². The van der Waals surface area contributed by atoms with Crippen LogP contribution < -0.4 is 0 Å². The van der Waals surface area contributed by atoms with Crippen LogP contribution in [-0.4, -0.2) is 32.8 Å². The maximum absolute atomic E-state index is 13.1. The standard InChI is InChI=1S/C21H20FN3O/c22-17-7-4-15(5-8-17)19-13-24-12-16(6-9-20(24)23-19)21(26)25-11-14-2-1-3-18(25)10-14/h4-9,12-14,18H,1-3,10-11H2/t14-,18+/m0/s1. The van der Waals surface area contributed by atoms with Gasteiger partial charge in [-0.2, -0.15) is 0 Å². The Morgan fingerprint density at radius 2 is 1.92 bits per heavy atom. The minimum absolute atomic E-state index is 0.123. The number of imidazole rings is 1. The molecule has 1 aromatic carbocycles. The summed E-state index contributed by atoms with van der Waals surface area (Å²) >= 11 is 0. The average Bonchev–Trinajstić information content (AvgIpc) is 3.21. The van der Waals surface area contributed by atoms with Crippen molar-refractivity contribution in [2.75, 3.05) is 6.54 Å². The molecule has 5 rings (SSSR count). The molecule has 3 aromatic rings. The Morgan fingerprint density at radius 3 is 2.73 bits per heavy atom. The Bertz CT molecular complexity index is 979. The molecule has 1 amide bonds. The zero-order valence-corrected chi connectivity index (χ0v) is 14.4. The van der Waals surface area contributed by atoms with Gasteiger partial charge >= 0.3 is 0 Å². The number of halogens is 1. The molecule has 2 aliphatic rings. The van der Waals surface area contributed by atoms with Crippen LogP contribution in [0.4, 0.5) is 4.39 Å². The molecule has 3 heterocycles. The molecule has 2 atom stereocenters. The third-order valence-corrected chi connectivity index (χ3v) is 5.75. The fourth-order valence-electron chi connectivity index (χ4n) is 4.43. The molecule has 4 nitrogen and oxygen atoms in total. The zero-order valence-electron chi connectivity index (χ0n) is 14.4. The first-order chi connectivity index (χ1) is 12.7. The van der Waals surface area contributed by atoms with Gasteiger partial charge in [0.05, 0.1) is 11.3 Å². The van der Waals surface area contributed by atoms with E-state index < -0.39 is 0 Å². The molecule has 5 heteroatoms. The van der Waals surface area contributed by atoms with Gasteiger partial charge in [0.1, 0.15) is 11.5 Å². The summed E-state index contributed by atoms with van der Waals surface area (Å²) in [5, 5.41) is 0. The summed E-state index contributed by atoms with van der Waals surface area (Å²) < 4.78 is 15.0. The van der Waals surface area contributed by atoms with Crippen molar-refractivity contribution in [1.82, 2.24) is 14.3 Å². The Labute approximate surface area is 151 Å². The lowest BCUT2D eigenvalue weighted by molar-refractivity contribution is 0.0732. The summed E-state index contributed by atoms with van der Waals surface area (Å²) in [5.74, 6) is 0.541. The number of carbonyl (C=O) groups is 1. The molecule has 1 saturated heterocycles. The number of rotatable bonds is 2. The van der Waals surface area contributed by atoms with Crippen LogP contribution in [0.3, 0.4) is 0 Å². The molecule has 0 radical (unpaired) electrons. The van der Waals surface area contributed by atoms with Crippen molar-refractivity contribution in [3.63, 3.8) is 0 Å². The maximum atomic E-state index is 13.1. The van der Waals surface area contributed by atoms with E-state index in [-0.39, 0.29) is 11.7 Å². The topological polar surface area (TPSA) is 37.6 Å². The number of amides is 1. The highest BCUT2D eigenvalue weighted by atomic mass is 19.1. The molecular formula is C21H20FN3O. The Hall–Kier alpha value is -2.69. The van der Waals surface area contributed by atoms with Crippen molar-refractivity contribution in [1.29, 1.82) is 0 Å². The molecule has 2 aromatic heterocycles. The number of hydrogen-bond acceptors (Lipinski definition) is 2. The van der Waals surface area contributed by atoms with Crippen molar-refractivity contribution in [2.45, 2.75) is 31.7 Å². The van der Waals surface area contributed by atoms with Gasteiger partial charge in [0.15, 0.2) is 0 Å². The lowest BCUT2D eigenvalue weighted by Crippen LogP contribution is -2.35. The van der Waals surface area contributed by atoms with Crippen LogP contribution in [-0.2, 0) is 0 Å². The summed E-state index contributed by atoms with van der Waals surface area (Å²) in [6.45, 7) is 0.895. The van der Waals surface area contributed by atoms with Crippen molar-refractivity contribution in [3.05, 3.63) is 60.2 Å². The highest BCUT2D eigenvalue weighted by Crippen LogP contribution is 2.36. The van der Waals surface area contributed by atoms with Gasteiger partial charge in [-0.15, -0.1) is 0 Å². The quantitative estimate of drug-likeness (QED) is 0.697. The molecule has 0 spiro atoms. The molecule has 0 unspecified atom stereocenters. The number of nitrogens with zero attached hydrogens (tertiary/aromatic N) is 3. The second-order valence-electron chi connectivity index (χ2n) is 7.46. The Kier molecular flexibility index (Phi) is 3.55. The van der Waals surface area contributed by atoms with E-state index in [9.17, 15) is 9.18 Å². The van der Waals surface area contributed by atoms with Gasteiger partial charge in [-0.25, -0.2) is 9.37 Å². The van der Waals surface area contributed by atoms with Crippen molar-refractivity contribution >= 4 is 11.6 Å². The average molecular weight is 349 g/mol. The maximum Gasteiger partial charge on any atom is 0.255 e. The van der Waals surface area contributed by atoms with Gasteiger partial charge in [-0.3, -0.25) is 4.79 Å². The van der Waals surface area contributed by atoms with Gasteiger partial charge in [0.25, 0.3) is 5.91 Å². The van der Waals surface area contributed by atoms with Gasteiger partial charge in [0, 0.05) is 30.5 Å². The highest BCUT2D eigenvalue weighted by molar-refractivity contribution is 5.94. The minimum atomic E-state index is -0.263. The van der Waals surface area contributed by atoms with Gasteiger partial charge in [-0.1, -0.05) is 6.42 Å². The van der Waals surface area contributed by atoms with E-state index in [1.54, 1.807) is 12.1 Å². The third-order valence-electron chi connectivity index (χ3n) is 5.75. The van der Waals surface area contributed by atoms with Gasteiger partial charge < -0.3 is 9.30 Å². The van der Waals surface area contributed by atoms with Gasteiger partial charge in [-0.05, 0) is 61.6 Å². The number of hydrogen-bond donors (Lipinski definition) is 0. The SMILES string of the molecule is O=C(c1ccc2nc(-c3ccc(F)cc3)cn2c1)N1C[C@H]2CCC[C@@H]1C2. The first-order valence-electron chi connectivity index (χ1n) is 9.23. The van der Waals surface area contributed by atoms with E-state index in [2.05, 4.69) is 9.88 Å². The highest BCUT2D eigenvalue weighted by Gasteiger charge is 2.38.